The lowest BCUT2D eigenvalue weighted by atomic mass is 10.1. The van der Waals surface area contributed by atoms with Crippen molar-refractivity contribution in [3.63, 3.8) is 0 Å². The third kappa shape index (κ3) is 5.27. The molecule has 1 aliphatic heterocycles. The number of hydrogen-bond acceptors (Lipinski definition) is 3. The van der Waals surface area contributed by atoms with Crippen molar-refractivity contribution in [2.75, 3.05) is 30.3 Å². The summed E-state index contributed by atoms with van der Waals surface area (Å²) in [4.78, 5) is 25.8. The average Bonchev–Trinajstić information content (AvgIpc) is 2.84. The molecule has 1 aromatic carbocycles. The van der Waals surface area contributed by atoms with Crippen LogP contribution in [0.3, 0.4) is 0 Å². The number of aryl methyl sites for hydroxylation is 1. The third-order valence-corrected chi connectivity index (χ3v) is 4.24. The van der Waals surface area contributed by atoms with Gasteiger partial charge in [-0.1, -0.05) is 25.8 Å². The highest BCUT2D eigenvalue weighted by Crippen LogP contribution is 2.20. The molecule has 0 aromatic heterocycles. The molecule has 0 bridgehead atoms. The molecule has 126 valence electrons. The minimum atomic E-state index is -0.00843. The number of nitrogens with zero attached hydrogens (tertiary/aromatic N) is 1. The van der Waals surface area contributed by atoms with Gasteiger partial charge in [-0.2, -0.15) is 0 Å². The molecule has 5 heteroatoms. The maximum atomic E-state index is 12.3. The Bertz CT molecular complexity index is 549. The first-order valence-corrected chi connectivity index (χ1v) is 8.52. The van der Waals surface area contributed by atoms with Crippen LogP contribution in [0.5, 0.6) is 0 Å². The first-order chi connectivity index (χ1) is 11.1. The Labute approximate surface area is 138 Å². The molecule has 1 aromatic rings. The van der Waals surface area contributed by atoms with Gasteiger partial charge in [0.05, 0.1) is 6.54 Å². The van der Waals surface area contributed by atoms with Crippen molar-refractivity contribution in [2.45, 2.75) is 46.0 Å². The van der Waals surface area contributed by atoms with Crippen LogP contribution >= 0.6 is 0 Å². The summed E-state index contributed by atoms with van der Waals surface area (Å²) < 4.78 is 0. The Morgan fingerprint density at radius 3 is 2.48 bits per heavy atom. The van der Waals surface area contributed by atoms with Gasteiger partial charge in [0.2, 0.25) is 11.8 Å². The Morgan fingerprint density at radius 1 is 1.13 bits per heavy atom. The van der Waals surface area contributed by atoms with Gasteiger partial charge < -0.3 is 15.5 Å². The maximum absolute atomic E-state index is 12.3. The highest BCUT2D eigenvalue weighted by atomic mass is 16.2. The van der Waals surface area contributed by atoms with E-state index in [1.807, 2.05) is 36.9 Å². The number of amides is 2. The molecule has 2 rings (SSSR count). The quantitative estimate of drug-likeness (QED) is 0.877. The van der Waals surface area contributed by atoms with Gasteiger partial charge in [0, 0.05) is 30.9 Å². The van der Waals surface area contributed by atoms with Gasteiger partial charge in [-0.3, -0.25) is 9.59 Å². The Balaban J connectivity index is 1.93. The van der Waals surface area contributed by atoms with Crippen LogP contribution in [0.2, 0.25) is 0 Å². The standard InChI is InChI=1S/C18H27N3O2/c1-3-17(22)20-16-12-15(9-8-14(16)2)19-13-18(23)21-10-6-4-5-7-11-21/h8-9,12,19H,3-7,10-11,13H2,1-2H3,(H,20,22). The third-order valence-electron chi connectivity index (χ3n) is 4.24. The van der Waals surface area contributed by atoms with Gasteiger partial charge in [0.15, 0.2) is 0 Å². The van der Waals surface area contributed by atoms with Crippen LogP contribution in [0.25, 0.3) is 0 Å². The number of nitrogens with one attached hydrogen (secondary N) is 2. The number of carbonyl (C=O) groups excluding carboxylic acids is 2. The molecule has 0 spiro atoms. The van der Waals surface area contributed by atoms with E-state index >= 15 is 0 Å². The Hall–Kier alpha value is -2.04. The number of benzene rings is 1. The van der Waals surface area contributed by atoms with Crippen molar-refractivity contribution in [1.82, 2.24) is 4.90 Å². The van der Waals surface area contributed by atoms with Crippen molar-refractivity contribution >= 4 is 23.2 Å². The summed E-state index contributed by atoms with van der Waals surface area (Å²) in [6.45, 7) is 5.81. The van der Waals surface area contributed by atoms with Crippen molar-refractivity contribution < 1.29 is 9.59 Å². The van der Waals surface area contributed by atoms with E-state index in [1.54, 1.807) is 0 Å². The SMILES string of the molecule is CCC(=O)Nc1cc(NCC(=O)N2CCCCCC2)ccc1C. The first-order valence-electron chi connectivity index (χ1n) is 8.52. The van der Waals surface area contributed by atoms with Gasteiger partial charge >= 0.3 is 0 Å². The highest BCUT2D eigenvalue weighted by Gasteiger charge is 2.15. The minimum Gasteiger partial charge on any atom is -0.376 e. The molecule has 0 radical (unpaired) electrons. The number of hydrogen-bond donors (Lipinski definition) is 2. The molecular formula is C18H27N3O2. The molecule has 2 N–H and O–H groups in total. The lowest BCUT2D eigenvalue weighted by Gasteiger charge is -2.21. The number of likely N-dealkylation sites (tertiary alicyclic amines) is 1. The van der Waals surface area contributed by atoms with Crippen LogP contribution in [0.4, 0.5) is 11.4 Å². The molecule has 1 heterocycles. The predicted octanol–water partition coefficient (Wildman–Crippen LogP) is 3.16. The van der Waals surface area contributed by atoms with Crippen LogP contribution in [-0.4, -0.2) is 36.3 Å². The molecule has 2 amide bonds. The molecule has 1 fully saturated rings. The van der Waals surface area contributed by atoms with E-state index < -0.39 is 0 Å². The van der Waals surface area contributed by atoms with Gasteiger partial charge in [0.1, 0.15) is 0 Å². The number of carbonyl (C=O) groups is 2. The maximum Gasteiger partial charge on any atom is 0.241 e. The van der Waals surface area contributed by atoms with Gasteiger partial charge in [-0.15, -0.1) is 0 Å². The van der Waals surface area contributed by atoms with Gasteiger partial charge in [0.25, 0.3) is 0 Å². The molecule has 1 aliphatic rings. The summed E-state index contributed by atoms with van der Waals surface area (Å²) in [6, 6.07) is 5.77. The zero-order valence-corrected chi connectivity index (χ0v) is 14.2. The monoisotopic (exact) mass is 317 g/mol. The van der Waals surface area contributed by atoms with E-state index in [0.717, 1.165) is 42.9 Å². The zero-order valence-electron chi connectivity index (χ0n) is 14.2. The van der Waals surface area contributed by atoms with Crippen molar-refractivity contribution in [3.05, 3.63) is 23.8 Å². The van der Waals surface area contributed by atoms with Crippen LogP contribution < -0.4 is 10.6 Å². The highest BCUT2D eigenvalue weighted by molar-refractivity contribution is 5.92. The van der Waals surface area contributed by atoms with Crippen molar-refractivity contribution in [2.24, 2.45) is 0 Å². The first kappa shape index (κ1) is 17.3. The van der Waals surface area contributed by atoms with E-state index in [-0.39, 0.29) is 11.8 Å². The summed E-state index contributed by atoms with van der Waals surface area (Å²) in [5.74, 6) is 0.137. The van der Waals surface area contributed by atoms with Gasteiger partial charge in [-0.05, 0) is 37.5 Å². The fraction of sp³-hybridized carbons (Fsp3) is 0.556. The van der Waals surface area contributed by atoms with Gasteiger partial charge in [-0.25, -0.2) is 0 Å². The average molecular weight is 317 g/mol. The molecule has 0 saturated carbocycles. The Kier molecular flexibility index (Phi) is 6.44. The fourth-order valence-corrected chi connectivity index (χ4v) is 2.71. The number of rotatable bonds is 5. The molecule has 1 saturated heterocycles. The van der Waals surface area contributed by atoms with Crippen LogP contribution in [0.1, 0.15) is 44.6 Å². The summed E-state index contributed by atoms with van der Waals surface area (Å²) in [5, 5.41) is 6.06. The van der Waals surface area contributed by atoms with E-state index in [4.69, 9.17) is 0 Å². The fourth-order valence-electron chi connectivity index (χ4n) is 2.71. The molecule has 0 atom stereocenters. The minimum absolute atomic E-state index is 0.00843. The van der Waals surface area contributed by atoms with Crippen molar-refractivity contribution in [3.8, 4) is 0 Å². The molecule has 5 nitrogen and oxygen atoms in total. The smallest absolute Gasteiger partial charge is 0.241 e. The van der Waals surface area contributed by atoms with E-state index in [0.29, 0.717) is 13.0 Å². The second-order valence-corrected chi connectivity index (χ2v) is 6.08. The lowest BCUT2D eigenvalue weighted by Crippen LogP contribution is -2.36. The normalized spacial score (nSPS) is 15.0. The van der Waals surface area contributed by atoms with Crippen LogP contribution in [-0.2, 0) is 9.59 Å². The second-order valence-electron chi connectivity index (χ2n) is 6.08. The largest absolute Gasteiger partial charge is 0.376 e. The van der Waals surface area contributed by atoms with E-state index in [9.17, 15) is 9.59 Å². The zero-order chi connectivity index (χ0) is 16.7. The lowest BCUT2D eigenvalue weighted by molar-refractivity contribution is -0.129. The molecule has 0 aliphatic carbocycles. The summed E-state index contributed by atoms with van der Waals surface area (Å²) in [7, 11) is 0. The van der Waals surface area contributed by atoms with Crippen molar-refractivity contribution in [1.29, 1.82) is 0 Å². The van der Waals surface area contributed by atoms with Crippen LogP contribution in [0, 0.1) is 6.92 Å². The van der Waals surface area contributed by atoms with E-state index in [2.05, 4.69) is 10.6 Å². The Morgan fingerprint density at radius 2 is 1.83 bits per heavy atom. The molecule has 23 heavy (non-hydrogen) atoms. The predicted molar refractivity (Wildman–Crippen MR) is 93.6 cm³/mol. The molecule has 0 unspecified atom stereocenters. The number of anilines is 2. The summed E-state index contributed by atoms with van der Waals surface area (Å²) in [6.07, 6.45) is 5.09. The summed E-state index contributed by atoms with van der Waals surface area (Å²) >= 11 is 0. The van der Waals surface area contributed by atoms with Crippen LogP contribution in [0.15, 0.2) is 18.2 Å². The molecular weight excluding hydrogens is 290 g/mol. The topological polar surface area (TPSA) is 61.4 Å². The summed E-state index contributed by atoms with van der Waals surface area (Å²) in [5.41, 5.74) is 2.66. The second kappa shape index (κ2) is 8.56. The van der Waals surface area contributed by atoms with E-state index in [1.165, 1.54) is 12.8 Å².